The molecule has 0 atom stereocenters. The number of thiophene rings is 1. The van der Waals surface area contributed by atoms with Gasteiger partial charge in [0.25, 0.3) is 0 Å². The summed E-state index contributed by atoms with van der Waals surface area (Å²) in [6.45, 7) is 1.28. The standard InChI is InChI=1S/C17H20N2O3S/c20-16(18-12-17(21)7-9-22-10-8-17)19-14-5-2-1-4-13(14)15-6-3-11-23-15/h1-6,11,21H,7-10,12H2,(H2,18,19,20). The minimum atomic E-state index is -0.872. The number of hydrogen-bond acceptors (Lipinski definition) is 4. The lowest BCUT2D eigenvalue weighted by Gasteiger charge is -2.32. The monoisotopic (exact) mass is 332 g/mol. The third-order valence-corrected chi connectivity index (χ3v) is 4.87. The summed E-state index contributed by atoms with van der Waals surface area (Å²) in [6.07, 6.45) is 1.08. The molecule has 1 aliphatic rings. The van der Waals surface area contributed by atoms with Crippen molar-refractivity contribution in [2.75, 3.05) is 25.1 Å². The number of nitrogens with one attached hydrogen (secondary N) is 2. The van der Waals surface area contributed by atoms with Crippen LogP contribution in [0.4, 0.5) is 10.5 Å². The molecule has 1 aromatic carbocycles. The van der Waals surface area contributed by atoms with Gasteiger partial charge in [0.2, 0.25) is 0 Å². The van der Waals surface area contributed by atoms with Gasteiger partial charge in [0, 0.05) is 43.0 Å². The summed E-state index contributed by atoms with van der Waals surface area (Å²) in [6, 6.07) is 11.4. The second-order valence-electron chi connectivity index (χ2n) is 5.67. The molecule has 0 aliphatic carbocycles. The van der Waals surface area contributed by atoms with E-state index in [1.54, 1.807) is 11.3 Å². The fourth-order valence-corrected chi connectivity index (χ4v) is 3.34. The maximum atomic E-state index is 12.2. The van der Waals surface area contributed by atoms with Crippen molar-refractivity contribution in [3.05, 3.63) is 41.8 Å². The van der Waals surface area contributed by atoms with Gasteiger partial charge in [0.1, 0.15) is 0 Å². The van der Waals surface area contributed by atoms with E-state index >= 15 is 0 Å². The van der Waals surface area contributed by atoms with Crippen LogP contribution in [0.3, 0.4) is 0 Å². The minimum absolute atomic E-state index is 0.226. The molecular weight excluding hydrogens is 312 g/mol. The molecule has 5 nitrogen and oxygen atoms in total. The molecule has 0 spiro atoms. The minimum Gasteiger partial charge on any atom is -0.388 e. The van der Waals surface area contributed by atoms with Gasteiger partial charge in [-0.05, 0) is 17.5 Å². The van der Waals surface area contributed by atoms with Crippen LogP contribution in [0.15, 0.2) is 41.8 Å². The molecule has 0 unspecified atom stereocenters. The second-order valence-corrected chi connectivity index (χ2v) is 6.61. The van der Waals surface area contributed by atoms with Crippen LogP contribution >= 0.6 is 11.3 Å². The Labute approximate surface area is 139 Å². The zero-order valence-electron chi connectivity index (χ0n) is 12.7. The molecule has 6 heteroatoms. The molecular formula is C17H20N2O3S. The zero-order chi connectivity index (χ0) is 16.1. The van der Waals surface area contributed by atoms with Crippen molar-refractivity contribution < 1.29 is 14.6 Å². The van der Waals surface area contributed by atoms with Crippen LogP contribution in [0.2, 0.25) is 0 Å². The van der Waals surface area contributed by atoms with Crippen LogP contribution in [0.25, 0.3) is 10.4 Å². The molecule has 2 heterocycles. The van der Waals surface area contributed by atoms with E-state index in [0.717, 1.165) is 16.1 Å². The zero-order valence-corrected chi connectivity index (χ0v) is 13.6. The molecule has 122 valence electrons. The number of amides is 2. The molecule has 1 saturated heterocycles. The summed E-state index contributed by atoms with van der Waals surface area (Å²) >= 11 is 1.63. The first-order valence-corrected chi connectivity index (χ1v) is 8.52. The van der Waals surface area contributed by atoms with E-state index in [2.05, 4.69) is 10.6 Å². The van der Waals surface area contributed by atoms with Crippen LogP contribution in [0.1, 0.15) is 12.8 Å². The SMILES string of the molecule is O=C(NCC1(O)CCOCC1)Nc1ccccc1-c1cccs1. The van der Waals surface area contributed by atoms with Gasteiger partial charge < -0.3 is 20.5 Å². The first-order chi connectivity index (χ1) is 11.2. The van der Waals surface area contributed by atoms with Crippen molar-refractivity contribution in [3.63, 3.8) is 0 Å². The van der Waals surface area contributed by atoms with Crippen LogP contribution in [-0.4, -0.2) is 36.5 Å². The molecule has 0 radical (unpaired) electrons. The lowest BCUT2D eigenvalue weighted by Crippen LogP contribution is -2.47. The molecule has 0 saturated carbocycles. The van der Waals surface area contributed by atoms with Crippen molar-refractivity contribution in [3.8, 4) is 10.4 Å². The van der Waals surface area contributed by atoms with Gasteiger partial charge in [0.15, 0.2) is 0 Å². The average molecular weight is 332 g/mol. The Hall–Kier alpha value is -1.89. The Morgan fingerprint density at radius 2 is 2.00 bits per heavy atom. The van der Waals surface area contributed by atoms with E-state index in [9.17, 15) is 9.90 Å². The average Bonchev–Trinajstić information content (AvgIpc) is 3.09. The van der Waals surface area contributed by atoms with E-state index in [1.165, 1.54) is 0 Å². The van der Waals surface area contributed by atoms with Gasteiger partial charge in [0.05, 0.1) is 11.3 Å². The lowest BCUT2D eigenvalue weighted by atomic mass is 9.94. The van der Waals surface area contributed by atoms with Gasteiger partial charge in [-0.3, -0.25) is 0 Å². The molecule has 1 fully saturated rings. The van der Waals surface area contributed by atoms with Crippen molar-refractivity contribution >= 4 is 23.1 Å². The van der Waals surface area contributed by atoms with Crippen molar-refractivity contribution in [2.45, 2.75) is 18.4 Å². The van der Waals surface area contributed by atoms with E-state index in [1.807, 2.05) is 41.8 Å². The Kier molecular flexibility index (Phi) is 4.95. The number of urea groups is 1. The number of ether oxygens (including phenoxy) is 1. The Morgan fingerprint density at radius 1 is 1.22 bits per heavy atom. The summed E-state index contributed by atoms with van der Waals surface area (Å²) in [5, 5.41) is 18.0. The van der Waals surface area contributed by atoms with Gasteiger partial charge in [-0.1, -0.05) is 24.3 Å². The number of hydrogen-bond donors (Lipinski definition) is 3. The normalized spacial score (nSPS) is 16.7. The Morgan fingerprint density at radius 3 is 2.74 bits per heavy atom. The fraction of sp³-hybridized carbons (Fsp3) is 0.353. The topological polar surface area (TPSA) is 70.6 Å². The van der Waals surface area contributed by atoms with E-state index < -0.39 is 5.60 Å². The first kappa shape index (κ1) is 16.0. The molecule has 23 heavy (non-hydrogen) atoms. The third kappa shape index (κ3) is 4.10. The quantitative estimate of drug-likeness (QED) is 0.806. The second kappa shape index (κ2) is 7.12. The van der Waals surface area contributed by atoms with E-state index in [4.69, 9.17) is 4.74 Å². The van der Waals surface area contributed by atoms with E-state index in [-0.39, 0.29) is 12.6 Å². The van der Waals surface area contributed by atoms with Gasteiger partial charge in [-0.15, -0.1) is 11.3 Å². The van der Waals surface area contributed by atoms with Crippen LogP contribution in [0, 0.1) is 0 Å². The fourth-order valence-electron chi connectivity index (χ4n) is 2.58. The Bertz CT molecular complexity index is 652. The van der Waals surface area contributed by atoms with Crippen molar-refractivity contribution in [1.82, 2.24) is 5.32 Å². The summed E-state index contributed by atoms with van der Waals surface area (Å²) in [5.74, 6) is 0. The summed E-state index contributed by atoms with van der Waals surface area (Å²) in [4.78, 5) is 13.3. The highest BCUT2D eigenvalue weighted by atomic mass is 32.1. The molecule has 3 rings (SSSR count). The first-order valence-electron chi connectivity index (χ1n) is 7.64. The predicted molar refractivity (Wildman–Crippen MR) is 91.8 cm³/mol. The highest BCUT2D eigenvalue weighted by Gasteiger charge is 2.30. The third-order valence-electron chi connectivity index (χ3n) is 3.96. The van der Waals surface area contributed by atoms with Crippen LogP contribution in [-0.2, 0) is 4.74 Å². The molecule has 3 N–H and O–H groups in total. The van der Waals surface area contributed by atoms with Gasteiger partial charge in [-0.2, -0.15) is 0 Å². The molecule has 2 amide bonds. The van der Waals surface area contributed by atoms with Crippen molar-refractivity contribution in [1.29, 1.82) is 0 Å². The predicted octanol–water partition coefficient (Wildman–Crippen LogP) is 3.08. The van der Waals surface area contributed by atoms with E-state index in [0.29, 0.717) is 26.1 Å². The Balaban J connectivity index is 1.62. The van der Waals surface area contributed by atoms with Crippen LogP contribution < -0.4 is 10.6 Å². The molecule has 0 bridgehead atoms. The highest BCUT2D eigenvalue weighted by molar-refractivity contribution is 7.13. The largest absolute Gasteiger partial charge is 0.388 e. The van der Waals surface area contributed by atoms with Gasteiger partial charge >= 0.3 is 6.03 Å². The summed E-state index contributed by atoms with van der Waals surface area (Å²) in [7, 11) is 0. The number of anilines is 1. The number of aliphatic hydroxyl groups is 1. The van der Waals surface area contributed by atoms with Crippen molar-refractivity contribution in [2.24, 2.45) is 0 Å². The number of carbonyl (C=O) groups excluding carboxylic acids is 1. The number of benzene rings is 1. The molecule has 1 aliphatic heterocycles. The van der Waals surface area contributed by atoms with Gasteiger partial charge in [-0.25, -0.2) is 4.79 Å². The maximum absolute atomic E-state index is 12.2. The highest BCUT2D eigenvalue weighted by Crippen LogP contribution is 2.31. The summed E-state index contributed by atoms with van der Waals surface area (Å²) in [5.41, 5.74) is 0.872. The number of carbonyl (C=O) groups is 1. The number of rotatable bonds is 4. The van der Waals surface area contributed by atoms with Crippen LogP contribution in [0.5, 0.6) is 0 Å². The number of para-hydroxylation sites is 1. The summed E-state index contributed by atoms with van der Waals surface area (Å²) < 4.78 is 5.24. The molecule has 1 aromatic heterocycles. The smallest absolute Gasteiger partial charge is 0.319 e. The molecule has 2 aromatic rings. The maximum Gasteiger partial charge on any atom is 0.319 e. The lowest BCUT2D eigenvalue weighted by molar-refractivity contribution is -0.0598.